The van der Waals surface area contributed by atoms with Gasteiger partial charge in [-0.05, 0) is 186 Å². The molecular weight excluding hydrogens is 2210 g/mol. The van der Waals surface area contributed by atoms with Crippen molar-refractivity contribution in [2.45, 2.75) is 180 Å². The SMILES string of the molecule is NCCCCCCO.O=C(CCc1ccc(F)cc1)c1cn2c(c(O)c1=O)C(=O)N1CCCCCC12.O=C(NCCCCCCO)c1[nH]cc(C(=O)CCc2ccc(F)cc2)c(=O)c1OCc1ccccc1.O=C(O)c1[nH]cc(C(=O)CCc2ccc(F)cc2)c(=O)c1OCc1ccccc1.O=CCCCCCNC(=O)c1[nH]cc(C(=O)CCc2ccc(F)cc2)c(=O)c1OCc1ccccc1.OOOSP.[2H][S](C)=[W].[CH3-].[Y]. The molecule has 4 aromatic heterocycles. The number of aryl methyl sites for hydroxylation is 4. The summed E-state index contributed by atoms with van der Waals surface area (Å²) in [5, 5.41) is 52.9. The third kappa shape index (κ3) is 43.1. The molecule has 13 rings (SSSR count). The van der Waals surface area contributed by atoms with Gasteiger partial charge in [0.1, 0.15) is 55.5 Å². The Labute approximate surface area is 895 Å². The number of carboxylic acids is 1. The number of fused-ring (bicyclic) bond motifs is 3. The minimum absolute atomic E-state index is 0. The number of unbranched alkanes of at least 4 members (excludes halogenated alkanes) is 9. The predicted octanol–water partition coefficient (Wildman–Crippen LogP) is 17.6. The van der Waals surface area contributed by atoms with Crippen molar-refractivity contribution >= 4 is 82.1 Å². The number of benzene rings is 7. The molecule has 1 radical (unpaired) electrons. The zero-order chi connectivity index (χ0) is 106. The number of aldehydes is 1. The first-order valence-electron chi connectivity index (χ1n) is 47.4. The molecule has 785 valence electrons. The Morgan fingerprint density at radius 2 is 0.844 bits per heavy atom. The van der Waals surface area contributed by atoms with Crippen molar-refractivity contribution < 1.29 is 161 Å². The van der Waals surface area contributed by atoms with Crippen LogP contribution < -0.4 is 52.3 Å². The summed E-state index contributed by atoms with van der Waals surface area (Å²) in [7, 11) is 2.08. The van der Waals surface area contributed by atoms with Gasteiger partial charge in [-0.25, -0.2) is 27.6 Å². The summed E-state index contributed by atoms with van der Waals surface area (Å²) in [5.74, 6) is -7.34. The average molecular weight is 2340 g/mol. The maximum absolute atomic E-state index is 13.2. The summed E-state index contributed by atoms with van der Waals surface area (Å²) >= 11 is 2.22. The molecule has 3 atom stereocenters. The third-order valence-electron chi connectivity index (χ3n) is 22.4. The summed E-state index contributed by atoms with van der Waals surface area (Å²) < 4.78 is 81.2. The molecule has 1 fully saturated rings. The van der Waals surface area contributed by atoms with Crippen molar-refractivity contribution in [1.29, 1.82) is 1.12 Å². The van der Waals surface area contributed by atoms with Crippen LogP contribution in [-0.4, -0.2) is 150 Å². The molecule has 7 aromatic carbocycles. The maximum Gasteiger partial charge on any atom is 0 e. The van der Waals surface area contributed by atoms with Gasteiger partial charge in [-0.15, -0.1) is 4.33 Å². The van der Waals surface area contributed by atoms with E-state index >= 15 is 0 Å². The van der Waals surface area contributed by atoms with Gasteiger partial charge < -0.3 is 87.6 Å². The number of amides is 3. The fourth-order valence-corrected chi connectivity index (χ4v) is 14.9. The van der Waals surface area contributed by atoms with Crippen molar-refractivity contribution in [2.75, 3.05) is 45.6 Å². The normalized spacial score (nSPS) is 12.1. The van der Waals surface area contributed by atoms with E-state index < -0.39 is 79.8 Å². The van der Waals surface area contributed by atoms with Crippen molar-refractivity contribution in [3.05, 3.63) is 368 Å². The van der Waals surface area contributed by atoms with Crippen molar-refractivity contribution in [3.63, 3.8) is 0 Å². The van der Waals surface area contributed by atoms with Gasteiger partial charge in [0.25, 0.3) is 17.7 Å². The van der Waals surface area contributed by atoms with E-state index in [1.54, 1.807) is 82.3 Å². The van der Waals surface area contributed by atoms with Gasteiger partial charge in [0, 0.05) is 122 Å². The van der Waals surface area contributed by atoms with Crippen LogP contribution in [0.5, 0.6) is 23.0 Å². The number of aromatic nitrogens is 4. The number of nitrogens with two attached hydrogens (primary N) is 1. The Hall–Kier alpha value is -11.8. The first kappa shape index (κ1) is 124. The smallest absolute Gasteiger partial charge is 0 e. The Balaban J connectivity index is 0.000000328. The van der Waals surface area contributed by atoms with E-state index in [9.17, 15) is 90.1 Å². The van der Waals surface area contributed by atoms with Crippen molar-refractivity contribution in [1.82, 2.24) is 35.1 Å². The topological polar surface area (TPSA) is 475 Å². The number of ether oxygens (including phenoxy) is 3. The van der Waals surface area contributed by atoms with Gasteiger partial charge in [0.15, 0.2) is 68.9 Å². The van der Waals surface area contributed by atoms with E-state index in [0.717, 1.165) is 160 Å². The van der Waals surface area contributed by atoms with E-state index in [1.807, 2.05) is 73.0 Å². The number of hydrogen-bond donors (Lipinski definition) is 12. The number of carbonyl (C=O) groups is 9. The summed E-state index contributed by atoms with van der Waals surface area (Å²) in [4.78, 5) is 172. The Morgan fingerprint density at radius 1 is 0.503 bits per heavy atom. The Morgan fingerprint density at radius 3 is 1.18 bits per heavy atom. The number of aliphatic hydroxyl groups excluding tert-OH is 2. The first-order chi connectivity index (χ1) is 70.5. The number of Topliss-reactive ketones (excluding diaryl/α,β-unsaturated/α-hetero) is 4. The zero-order valence-electron chi connectivity index (χ0n) is 82.6. The number of halogens is 4. The second-order valence-electron chi connectivity index (χ2n) is 32.8. The number of thiol groups is 1. The van der Waals surface area contributed by atoms with Crippen LogP contribution in [0.4, 0.5) is 17.6 Å². The Kier molecular flexibility index (Phi) is 59.8. The number of aromatic amines is 3. The molecule has 12 N–H and O–H groups in total. The van der Waals surface area contributed by atoms with Crippen LogP contribution in [0.3, 0.4) is 0 Å². The number of aliphatic hydroxyl groups is 2. The van der Waals surface area contributed by atoms with Crippen LogP contribution in [0.1, 0.15) is 257 Å². The molecule has 1 saturated heterocycles. The standard InChI is InChI=1S/C28H31FN2O5.C28H29FN2O5.C22H18FNO5.C21H21FN2O4.C6H15NO.CH4S.CH3.H3O3PS.W.Y/c2*29-22-13-10-20(11-14-22)12-15-24(33)23-18-31-25(28(35)30-16-6-1-2-7-17-32)27(26(23)34)36-19-21-8-4-3-5-9-21;23-16-9-6-14(7-10-16)8-11-18(25)17-12-24-19(22(27)28)21(20(17)26)29-13-15-4-2-1-3-5-15;22-14-8-5-13(6-9-14)7-10-16(25)15-12-24-17-4-2-1-3-11-23(17)21(28)18(24)20(27)19(15)26;7-5-3-1-2-4-6-8;1-2;;1-2-3-5-4;;/h3-5,8-11,13-14,18,32H,1-2,6-7,12,15-17,19H2,(H,30,35)(H,31,34);3-5,8-11,13-14,17-18H,1-2,6-7,12,15-16,19H2,(H,30,35)(H,31,34);1-7,9-10,12H,8,11,13H2,(H,24,26)(H,27,28);5-6,8-9,12,17,27H,1-4,7,10-11H2;8H,1-7H2;2H,1H3;1H3;1H,4H2;;/q;;;;;;-1;;;/i/hD. The van der Waals surface area contributed by atoms with Crippen LogP contribution in [0.15, 0.2) is 232 Å². The molecule has 147 heavy (non-hydrogen) atoms. The fourth-order valence-electron chi connectivity index (χ4n) is 14.8. The summed E-state index contributed by atoms with van der Waals surface area (Å²) in [6, 6.07) is 50.5. The average Bonchev–Trinajstić information content (AvgIpc) is 1.58. The molecule has 3 unspecified atom stereocenters. The van der Waals surface area contributed by atoms with Gasteiger partial charge in [-0.3, -0.25) is 52.7 Å². The number of nitrogens with one attached hydrogen (secondary N) is 5. The monoisotopic (exact) mass is 2330 g/mol. The van der Waals surface area contributed by atoms with Crippen LogP contribution in [-0.2, 0) is 110 Å². The predicted molar refractivity (Wildman–Crippen MR) is 550 cm³/mol. The van der Waals surface area contributed by atoms with Crippen molar-refractivity contribution in [2.24, 2.45) is 5.73 Å². The maximum atomic E-state index is 13.2. The van der Waals surface area contributed by atoms with E-state index in [0.29, 0.717) is 64.8 Å². The molecule has 0 bridgehead atoms. The molecule has 40 heteroatoms. The molecule has 3 amide bonds. The van der Waals surface area contributed by atoms with E-state index in [-0.39, 0.29) is 187 Å². The summed E-state index contributed by atoms with van der Waals surface area (Å²) in [6.45, 7) is 2.69. The quantitative estimate of drug-likeness (QED) is 0.00161. The minimum atomic E-state index is -1.37. The fraction of sp³-hybridized carbons (Fsp3) is 0.327. The number of carbonyl (C=O) groups excluding carboxylic acids is 8. The number of pyridine rings is 4. The number of nitrogens with zero attached hydrogens (tertiary/aromatic N) is 2. The zero-order valence-corrected chi connectivity index (χ0v) is 90.2. The molecule has 0 saturated carbocycles. The van der Waals surface area contributed by atoms with Crippen LogP contribution >= 0.6 is 29.0 Å². The van der Waals surface area contributed by atoms with Crippen LogP contribution in [0.2, 0.25) is 0 Å². The van der Waals surface area contributed by atoms with Gasteiger partial charge >= 0.3 is 40.2 Å². The largest absolute Gasteiger partial charge is 0.358 e. The molecule has 0 aliphatic carbocycles. The number of carboxylic acid groups (broad SMARTS) is 1. The molecule has 31 nitrogen and oxygen atoms in total. The number of hydrogen-bond acceptors (Lipinski definition) is 24. The van der Waals surface area contributed by atoms with Gasteiger partial charge in [0.05, 0.1) is 33.9 Å². The molecule has 6 heterocycles. The second-order valence-corrected chi connectivity index (χ2v) is 37.7. The second kappa shape index (κ2) is 70.9. The number of ketones is 4. The van der Waals surface area contributed by atoms with Crippen LogP contribution in [0, 0.1) is 30.7 Å². The number of aromatic carboxylic acids is 1. The molecule has 2 aliphatic heterocycles. The van der Waals surface area contributed by atoms with E-state index in [1.165, 1.54) is 85.1 Å². The minimum Gasteiger partial charge on any atom is -0.358 e. The number of aromatic hydroxyl groups is 1. The van der Waals surface area contributed by atoms with Gasteiger partial charge in [-0.2, -0.15) is 0 Å². The van der Waals surface area contributed by atoms with E-state index in [2.05, 4.69) is 43.4 Å². The number of rotatable bonds is 47. The summed E-state index contributed by atoms with van der Waals surface area (Å²) in [6.07, 6.45) is 22.8. The molecule has 2 aliphatic rings. The third-order valence-corrected chi connectivity index (χ3v) is 22.8. The van der Waals surface area contributed by atoms with Crippen LogP contribution in [0.25, 0.3) is 0 Å². The molecule has 11 aromatic rings. The van der Waals surface area contributed by atoms with Gasteiger partial charge in [0.2, 0.25) is 21.7 Å². The molecule has 0 spiro atoms. The first-order valence-corrected chi connectivity index (χ1v) is 53.9. The molecular formula is C107H124F4N8O23PS2WY-. The van der Waals surface area contributed by atoms with E-state index in [4.69, 9.17) is 36.5 Å². The number of H-pyrrole nitrogens is 3. The van der Waals surface area contributed by atoms with Crippen molar-refractivity contribution in [3.8, 4) is 23.0 Å². The van der Waals surface area contributed by atoms with Gasteiger partial charge in [-0.1, -0.05) is 183 Å². The summed E-state index contributed by atoms with van der Waals surface area (Å²) in [5.41, 5.74) is 6.75. The Bertz CT molecular complexity index is 6290.